The van der Waals surface area contributed by atoms with Gasteiger partial charge in [0.1, 0.15) is 11.6 Å². The quantitative estimate of drug-likeness (QED) is 0.269. The van der Waals surface area contributed by atoms with Crippen molar-refractivity contribution in [2.75, 3.05) is 5.32 Å². The summed E-state index contributed by atoms with van der Waals surface area (Å²) in [6.07, 6.45) is 1.38. The van der Waals surface area contributed by atoms with Crippen molar-refractivity contribution in [3.05, 3.63) is 73.4 Å². The van der Waals surface area contributed by atoms with Crippen molar-refractivity contribution in [1.82, 2.24) is 0 Å². The third kappa shape index (κ3) is 4.37. The Morgan fingerprint density at radius 2 is 1.87 bits per heavy atom. The van der Waals surface area contributed by atoms with Crippen LogP contribution in [-0.4, -0.2) is 10.8 Å². The molecule has 2 aromatic rings. The predicted molar refractivity (Wildman–Crippen MR) is 94.5 cm³/mol. The second kappa shape index (κ2) is 7.51. The van der Waals surface area contributed by atoms with Crippen LogP contribution in [0.3, 0.4) is 0 Å². The lowest BCUT2D eigenvalue weighted by molar-refractivity contribution is -0.384. The molecule has 0 fully saturated rings. The number of non-ortho nitro benzene ring substituents is 1. The molecule has 23 heavy (non-hydrogen) atoms. The summed E-state index contributed by atoms with van der Waals surface area (Å²) in [5.74, 6) is -0.532. The number of nitro benzene ring substituents is 1. The summed E-state index contributed by atoms with van der Waals surface area (Å²) in [5.41, 5.74) is 1.01. The Morgan fingerprint density at radius 1 is 1.22 bits per heavy atom. The monoisotopic (exact) mass is 419 g/mol. The number of rotatable bonds is 4. The first-order valence-electron chi connectivity index (χ1n) is 6.43. The normalized spacial score (nSPS) is 10.7. The number of benzene rings is 2. The minimum atomic E-state index is -0.532. The van der Waals surface area contributed by atoms with Gasteiger partial charge in [-0.2, -0.15) is 5.26 Å². The first-order chi connectivity index (χ1) is 11.0. The number of anilines is 1. The van der Waals surface area contributed by atoms with Gasteiger partial charge in [-0.3, -0.25) is 14.9 Å². The molecule has 0 saturated carbocycles. The number of nitrogens with one attached hydrogen (secondary N) is 1. The number of hydrogen-bond acceptors (Lipinski definition) is 4. The zero-order chi connectivity index (χ0) is 16.8. The van der Waals surface area contributed by atoms with Crippen LogP contribution in [0.15, 0.2) is 54.1 Å². The van der Waals surface area contributed by atoms with Gasteiger partial charge in [0, 0.05) is 15.7 Å². The van der Waals surface area contributed by atoms with Crippen LogP contribution in [0.5, 0.6) is 0 Å². The largest absolute Gasteiger partial charge is 0.320 e. The third-order valence-electron chi connectivity index (χ3n) is 2.90. The van der Waals surface area contributed by atoms with Gasteiger partial charge in [-0.25, -0.2) is 0 Å². The minimum Gasteiger partial charge on any atom is -0.320 e. The molecule has 2 rings (SSSR count). The lowest BCUT2D eigenvalue weighted by Crippen LogP contribution is -2.14. The zero-order valence-corrected chi connectivity index (χ0v) is 13.9. The van der Waals surface area contributed by atoms with E-state index >= 15 is 0 Å². The number of carbonyl (C=O) groups excluding carboxylic acids is 1. The summed E-state index contributed by atoms with van der Waals surface area (Å²) < 4.78 is 0.853. The van der Waals surface area contributed by atoms with E-state index in [0.717, 1.165) is 3.57 Å². The fourth-order valence-electron chi connectivity index (χ4n) is 1.76. The Bertz CT molecular complexity index is 823. The molecule has 0 atom stereocenters. The van der Waals surface area contributed by atoms with E-state index in [2.05, 4.69) is 27.9 Å². The van der Waals surface area contributed by atoms with Gasteiger partial charge in [0.2, 0.25) is 0 Å². The molecule has 0 aliphatic heterocycles. The van der Waals surface area contributed by atoms with Gasteiger partial charge < -0.3 is 5.32 Å². The number of para-hydroxylation sites is 1. The Balaban J connectivity index is 2.21. The maximum Gasteiger partial charge on any atom is 0.269 e. The number of carbonyl (C=O) groups is 1. The Labute approximate surface area is 145 Å². The predicted octanol–water partition coefficient (Wildman–Crippen LogP) is 3.75. The molecular weight excluding hydrogens is 409 g/mol. The standard InChI is InChI=1S/C16H10IN3O3/c17-14-3-1-2-4-15(14)19-16(21)12(10-18)9-11-5-7-13(8-6-11)20(22)23/h1-9H,(H,19,21)/b12-9-. The maximum absolute atomic E-state index is 12.2. The fraction of sp³-hybridized carbons (Fsp3) is 0. The van der Waals surface area contributed by atoms with E-state index in [-0.39, 0.29) is 11.3 Å². The first-order valence-corrected chi connectivity index (χ1v) is 7.51. The lowest BCUT2D eigenvalue weighted by Gasteiger charge is -2.06. The highest BCUT2D eigenvalue weighted by Crippen LogP contribution is 2.19. The number of nitriles is 1. The molecule has 114 valence electrons. The molecule has 7 heteroatoms. The number of amides is 1. The van der Waals surface area contributed by atoms with E-state index in [0.29, 0.717) is 11.3 Å². The molecule has 0 radical (unpaired) electrons. The van der Waals surface area contributed by atoms with Gasteiger partial charge in [-0.05, 0) is 58.5 Å². The molecule has 0 bridgehead atoms. The van der Waals surface area contributed by atoms with E-state index in [1.54, 1.807) is 12.1 Å². The molecule has 2 aromatic carbocycles. The molecule has 0 unspecified atom stereocenters. The Hall–Kier alpha value is -2.73. The number of hydrogen-bond donors (Lipinski definition) is 1. The highest BCUT2D eigenvalue weighted by atomic mass is 127. The van der Waals surface area contributed by atoms with Crippen LogP contribution >= 0.6 is 22.6 Å². The second-order valence-electron chi connectivity index (χ2n) is 4.45. The van der Waals surface area contributed by atoms with Crippen molar-refractivity contribution in [1.29, 1.82) is 5.26 Å². The van der Waals surface area contributed by atoms with Crippen molar-refractivity contribution < 1.29 is 9.72 Å². The van der Waals surface area contributed by atoms with Gasteiger partial charge in [0.15, 0.2) is 0 Å². The molecule has 0 aliphatic carbocycles. The summed E-state index contributed by atoms with van der Waals surface area (Å²) >= 11 is 2.08. The average molecular weight is 419 g/mol. The summed E-state index contributed by atoms with van der Waals surface area (Å²) in [6.45, 7) is 0. The maximum atomic E-state index is 12.2. The highest BCUT2D eigenvalue weighted by Gasteiger charge is 2.11. The summed E-state index contributed by atoms with van der Waals surface area (Å²) in [6, 6.07) is 14.6. The summed E-state index contributed by atoms with van der Waals surface area (Å²) in [4.78, 5) is 22.3. The van der Waals surface area contributed by atoms with Crippen LogP contribution in [0.2, 0.25) is 0 Å². The van der Waals surface area contributed by atoms with E-state index in [1.807, 2.05) is 18.2 Å². The third-order valence-corrected chi connectivity index (χ3v) is 3.84. The SMILES string of the molecule is N#C/C(=C/c1ccc([N+](=O)[O-])cc1)C(=O)Nc1ccccc1I. The zero-order valence-electron chi connectivity index (χ0n) is 11.7. The topological polar surface area (TPSA) is 96.0 Å². The van der Waals surface area contributed by atoms with E-state index in [1.165, 1.54) is 30.3 Å². The van der Waals surface area contributed by atoms with Gasteiger partial charge in [0.05, 0.1) is 10.6 Å². The van der Waals surface area contributed by atoms with Crippen molar-refractivity contribution in [3.63, 3.8) is 0 Å². The highest BCUT2D eigenvalue weighted by molar-refractivity contribution is 14.1. The molecule has 0 aromatic heterocycles. The second-order valence-corrected chi connectivity index (χ2v) is 5.61. The fourth-order valence-corrected chi connectivity index (χ4v) is 2.28. The summed E-state index contributed by atoms with van der Waals surface area (Å²) in [7, 11) is 0. The van der Waals surface area contributed by atoms with Crippen LogP contribution in [0.4, 0.5) is 11.4 Å². The molecule has 0 aliphatic rings. The number of nitro groups is 1. The van der Waals surface area contributed by atoms with Crippen molar-refractivity contribution >= 4 is 45.9 Å². The Kier molecular flexibility index (Phi) is 5.43. The molecule has 6 nitrogen and oxygen atoms in total. The lowest BCUT2D eigenvalue weighted by atomic mass is 10.1. The van der Waals surface area contributed by atoms with Crippen LogP contribution < -0.4 is 5.32 Å². The Morgan fingerprint density at radius 3 is 2.43 bits per heavy atom. The molecule has 0 spiro atoms. The van der Waals surface area contributed by atoms with Crippen LogP contribution in [0, 0.1) is 25.0 Å². The van der Waals surface area contributed by atoms with Crippen molar-refractivity contribution in [3.8, 4) is 6.07 Å². The van der Waals surface area contributed by atoms with E-state index < -0.39 is 10.8 Å². The molecule has 0 saturated heterocycles. The van der Waals surface area contributed by atoms with E-state index in [4.69, 9.17) is 5.26 Å². The smallest absolute Gasteiger partial charge is 0.269 e. The summed E-state index contributed by atoms with van der Waals surface area (Å²) in [5, 5.41) is 22.4. The van der Waals surface area contributed by atoms with Gasteiger partial charge in [0.25, 0.3) is 11.6 Å². The molecular formula is C16H10IN3O3. The molecule has 1 N–H and O–H groups in total. The van der Waals surface area contributed by atoms with Crippen LogP contribution in [0.25, 0.3) is 6.08 Å². The van der Waals surface area contributed by atoms with Gasteiger partial charge >= 0.3 is 0 Å². The number of halogens is 1. The van der Waals surface area contributed by atoms with Crippen molar-refractivity contribution in [2.24, 2.45) is 0 Å². The van der Waals surface area contributed by atoms with E-state index in [9.17, 15) is 14.9 Å². The van der Waals surface area contributed by atoms with Gasteiger partial charge in [-0.15, -0.1) is 0 Å². The van der Waals surface area contributed by atoms with Gasteiger partial charge in [-0.1, -0.05) is 12.1 Å². The van der Waals surface area contributed by atoms with Crippen molar-refractivity contribution in [2.45, 2.75) is 0 Å². The van der Waals surface area contributed by atoms with Crippen LogP contribution in [-0.2, 0) is 4.79 Å². The molecule has 0 heterocycles. The first kappa shape index (κ1) is 16.6. The number of nitrogens with zero attached hydrogens (tertiary/aromatic N) is 2. The minimum absolute atomic E-state index is 0.0519. The van der Waals surface area contributed by atoms with Crippen LogP contribution in [0.1, 0.15) is 5.56 Å². The average Bonchev–Trinajstić information content (AvgIpc) is 2.55. The molecule has 1 amide bonds.